The van der Waals surface area contributed by atoms with Gasteiger partial charge in [-0.25, -0.2) is 0 Å². The first kappa shape index (κ1) is 10.5. The Kier molecular flexibility index (Phi) is 2.71. The summed E-state index contributed by atoms with van der Waals surface area (Å²) >= 11 is 9.23. The molecule has 0 saturated carbocycles. The number of anilines is 1. The highest BCUT2D eigenvalue weighted by atomic mass is 79.9. The first-order valence-corrected chi connectivity index (χ1v) is 5.50. The Bertz CT molecular complexity index is 490. The first-order valence-electron chi connectivity index (χ1n) is 4.33. The summed E-state index contributed by atoms with van der Waals surface area (Å²) < 4.78 is 2.45. The molecule has 0 bridgehead atoms. The maximum absolute atomic E-state index is 5.81. The minimum absolute atomic E-state index is 0.611. The summed E-state index contributed by atoms with van der Waals surface area (Å²) in [5, 5.41) is 5.02. The third kappa shape index (κ3) is 1.87. The molecule has 3 nitrogen and oxygen atoms in total. The second kappa shape index (κ2) is 3.87. The van der Waals surface area contributed by atoms with E-state index in [4.69, 9.17) is 17.3 Å². The van der Waals surface area contributed by atoms with Crippen LogP contribution < -0.4 is 5.73 Å². The zero-order valence-corrected chi connectivity index (χ0v) is 10.4. The Hall–Kier alpha value is -1.00. The number of hydrogen-bond donors (Lipinski definition) is 1. The van der Waals surface area contributed by atoms with E-state index < -0.39 is 0 Å². The lowest BCUT2D eigenvalue weighted by atomic mass is 10.1. The Morgan fingerprint density at radius 1 is 1.33 bits per heavy atom. The third-order valence-electron chi connectivity index (χ3n) is 2.15. The monoisotopic (exact) mass is 285 g/mol. The highest BCUT2D eigenvalue weighted by Crippen LogP contribution is 2.31. The Balaban J connectivity index is 2.54. The van der Waals surface area contributed by atoms with Gasteiger partial charge in [-0.3, -0.25) is 4.68 Å². The molecule has 1 aromatic heterocycles. The number of nitrogen functional groups attached to an aromatic ring is 1. The first-order chi connectivity index (χ1) is 7.09. The topological polar surface area (TPSA) is 43.8 Å². The second-order valence-electron chi connectivity index (χ2n) is 3.18. The minimum atomic E-state index is 0.611. The van der Waals surface area contributed by atoms with E-state index in [1.165, 1.54) is 0 Å². The van der Waals surface area contributed by atoms with Gasteiger partial charge in [0.1, 0.15) is 11.5 Å². The molecule has 2 N–H and O–H groups in total. The number of rotatable bonds is 1. The molecule has 0 spiro atoms. The van der Waals surface area contributed by atoms with Crippen LogP contribution in [0.25, 0.3) is 11.3 Å². The smallest absolute Gasteiger partial charge is 0.136 e. The minimum Gasteiger partial charge on any atom is -0.383 e. The molecule has 78 valence electrons. The van der Waals surface area contributed by atoms with Gasteiger partial charge in [-0.1, -0.05) is 23.7 Å². The Labute approximate surface area is 101 Å². The van der Waals surface area contributed by atoms with Crippen molar-refractivity contribution in [3.05, 3.63) is 33.8 Å². The summed E-state index contributed by atoms with van der Waals surface area (Å²) in [6.07, 6.45) is 0. The van der Waals surface area contributed by atoms with Crippen molar-refractivity contribution in [2.75, 3.05) is 5.73 Å². The summed E-state index contributed by atoms with van der Waals surface area (Å²) in [6.45, 7) is 0. The summed E-state index contributed by atoms with van der Waals surface area (Å²) in [5.74, 6) is 0.611. The predicted octanol–water partition coefficient (Wildman–Crippen LogP) is 3.09. The average Bonchev–Trinajstić information content (AvgIpc) is 2.47. The van der Waals surface area contributed by atoms with Gasteiger partial charge < -0.3 is 5.73 Å². The quantitative estimate of drug-likeness (QED) is 0.875. The van der Waals surface area contributed by atoms with Crippen LogP contribution in [-0.4, -0.2) is 9.78 Å². The lowest BCUT2D eigenvalue weighted by Crippen LogP contribution is -1.97. The maximum Gasteiger partial charge on any atom is 0.136 e. The van der Waals surface area contributed by atoms with Crippen molar-refractivity contribution in [2.45, 2.75) is 0 Å². The standard InChI is InChI=1S/C10H9BrClN3/c1-15-10(13)8(11)9(14-15)6-2-4-7(12)5-3-6/h2-5H,13H2,1H3. The Morgan fingerprint density at radius 3 is 2.40 bits per heavy atom. The normalized spacial score (nSPS) is 10.6. The van der Waals surface area contributed by atoms with E-state index >= 15 is 0 Å². The van der Waals surface area contributed by atoms with Gasteiger partial charge in [0.2, 0.25) is 0 Å². The highest BCUT2D eigenvalue weighted by Gasteiger charge is 2.12. The van der Waals surface area contributed by atoms with Crippen molar-refractivity contribution < 1.29 is 0 Å². The number of aryl methyl sites for hydroxylation is 1. The summed E-state index contributed by atoms with van der Waals surface area (Å²) in [7, 11) is 1.81. The van der Waals surface area contributed by atoms with Crippen LogP contribution in [-0.2, 0) is 7.05 Å². The van der Waals surface area contributed by atoms with Crippen molar-refractivity contribution in [3.8, 4) is 11.3 Å². The number of nitrogens with zero attached hydrogens (tertiary/aromatic N) is 2. The SMILES string of the molecule is Cn1nc(-c2ccc(Cl)cc2)c(Br)c1N. The molecule has 5 heteroatoms. The largest absolute Gasteiger partial charge is 0.383 e. The fourth-order valence-corrected chi connectivity index (χ4v) is 1.99. The van der Waals surface area contributed by atoms with E-state index in [2.05, 4.69) is 21.0 Å². The third-order valence-corrected chi connectivity index (χ3v) is 3.18. The van der Waals surface area contributed by atoms with E-state index in [-0.39, 0.29) is 0 Å². The summed E-state index contributed by atoms with van der Waals surface area (Å²) in [5.41, 5.74) is 7.61. The van der Waals surface area contributed by atoms with Gasteiger partial charge in [-0.15, -0.1) is 0 Å². The number of halogens is 2. The van der Waals surface area contributed by atoms with Crippen LogP contribution in [0, 0.1) is 0 Å². The van der Waals surface area contributed by atoms with E-state index in [1.54, 1.807) is 11.7 Å². The van der Waals surface area contributed by atoms with Crippen LogP contribution in [0.5, 0.6) is 0 Å². The summed E-state index contributed by atoms with van der Waals surface area (Å²) in [6, 6.07) is 7.48. The molecule has 2 rings (SSSR count). The highest BCUT2D eigenvalue weighted by molar-refractivity contribution is 9.10. The van der Waals surface area contributed by atoms with Crippen LogP contribution in [0.15, 0.2) is 28.7 Å². The van der Waals surface area contributed by atoms with E-state index in [9.17, 15) is 0 Å². The number of hydrogen-bond acceptors (Lipinski definition) is 2. The average molecular weight is 287 g/mol. The molecular weight excluding hydrogens is 277 g/mol. The van der Waals surface area contributed by atoms with Crippen molar-refractivity contribution in [1.29, 1.82) is 0 Å². The zero-order chi connectivity index (χ0) is 11.0. The van der Waals surface area contributed by atoms with Crippen LogP contribution in [0.2, 0.25) is 5.02 Å². The van der Waals surface area contributed by atoms with Gasteiger partial charge in [0, 0.05) is 17.6 Å². The molecule has 15 heavy (non-hydrogen) atoms. The van der Waals surface area contributed by atoms with Gasteiger partial charge >= 0.3 is 0 Å². The van der Waals surface area contributed by atoms with Crippen molar-refractivity contribution in [1.82, 2.24) is 9.78 Å². The molecule has 0 radical (unpaired) electrons. The predicted molar refractivity (Wildman–Crippen MR) is 65.8 cm³/mol. The zero-order valence-electron chi connectivity index (χ0n) is 8.04. The van der Waals surface area contributed by atoms with E-state index in [1.807, 2.05) is 24.3 Å². The molecule has 0 saturated heterocycles. The molecule has 0 unspecified atom stereocenters. The summed E-state index contributed by atoms with van der Waals surface area (Å²) in [4.78, 5) is 0. The molecular formula is C10H9BrClN3. The number of nitrogens with two attached hydrogens (primary N) is 1. The molecule has 0 aliphatic rings. The molecule has 0 amide bonds. The lowest BCUT2D eigenvalue weighted by Gasteiger charge is -1.97. The van der Waals surface area contributed by atoms with Gasteiger partial charge in [-0.05, 0) is 28.1 Å². The van der Waals surface area contributed by atoms with Gasteiger partial charge in [0.15, 0.2) is 0 Å². The van der Waals surface area contributed by atoms with Crippen LogP contribution in [0.4, 0.5) is 5.82 Å². The fraction of sp³-hybridized carbons (Fsp3) is 0.100. The molecule has 1 heterocycles. The molecule has 0 aliphatic heterocycles. The van der Waals surface area contributed by atoms with Crippen molar-refractivity contribution >= 4 is 33.3 Å². The molecule has 2 aromatic rings. The van der Waals surface area contributed by atoms with Gasteiger partial charge in [0.25, 0.3) is 0 Å². The van der Waals surface area contributed by atoms with Crippen LogP contribution in [0.3, 0.4) is 0 Å². The molecule has 0 atom stereocenters. The number of aromatic nitrogens is 2. The van der Waals surface area contributed by atoms with Crippen molar-refractivity contribution in [2.24, 2.45) is 7.05 Å². The van der Waals surface area contributed by atoms with Gasteiger partial charge in [-0.2, -0.15) is 5.10 Å². The van der Waals surface area contributed by atoms with E-state index in [0.29, 0.717) is 10.8 Å². The van der Waals surface area contributed by atoms with Crippen molar-refractivity contribution in [3.63, 3.8) is 0 Å². The van der Waals surface area contributed by atoms with E-state index in [0.717, 1.165) is 15.7 Å². The lowest BCUT2D eigenvalue weighted by molar-refractivity contribution is 0.782. The Morgan fingerprint density at radius 2 is 1.93 bits per heavy atom. The fourth-order valence-electron chi connectivity index (χ4n) is 1.30. The maximum atomic E-state index is 5.81. The second-order valence-corrected chi connectivity index (χ2v) is 4.41. The van der Waals surface area contributed by atoms with Crippen LogP contribution in [0.1, 0.15) is 0 Å². The number of benzene rings is 1. The molecule has 1 aromatic carbocycles. The van der Waals surface area contributed by atoms with Gasteiger partial charge in [0.05, 0.1) is 4.47 Å². The molecule has 0 aliphatic carbocycles. The van der Waals surface area contributed by atoms with Crippen LogP contribution >= 0.6 is 27.5 Å². The molecule has 0 fully saturated rings.